The van der Waals surface area contributed by atoms with Gasteiger partial charge in [0.25, 0.3) is 5.92 Å². The molecule has 0 radical (unpaired) electrons. The van der Waals surface area contributed by atoms with Gasteiger partial charge in [0.15, 0.2) is 0 Å². The van der Waals surface area contributed by atoms with Gasteiger partial charge in [-0.25, -0.2) is 8.78 Å². The second kappa shape index (κ2) is 5.60. The predicted molar refractivity (Wildman–Crippen MR) is 60.2 cm³/mol. The summed E-state index contributed by atoms with van der Waals surface area (Å²) in [6, 6.07) is -0.880. The molecule has 1 rings (SSSR count). The number of carbonyl (C=O) groups is 2. The lowest BCUT2D eigenvalue weighted by molar-refractivity contribution is -0.146. The number of nitrogens with one attached hydrogen (secondary N) is 1. The molecule has 1 N–H and O–H groups in total. The Labute approximate surface area is 104 Å². The predicted octanol–water partition coefficient (Wildman–Crippen LogP) is 0.251. The lowest BCUT2D eigenvalue weighted by atomic mass is 10.1. The topological polar surface area (TPSA) is 58.6 Å². The zero-order valence-electron chi connectivity index (χ0n) is 10.7. The van der Waals surface area contributed by atoms with E-state index in [2.05, 4.69) is 10.1 Å². The van der Waals surface area contributed by atoms with Crippen LogP contribution in [0.1, 0.15) is 13.3 Å². The summed E-state index contributed by atoms with van der Waals surface area (Å²) in [5.41, 5.74) is 0. The van der Waals surface area contributed by atoms with Gasteiger partial charge in [0.1, 0.15) is 0 Å². The first-order valence-electron chi connectivity index (χ1n) is 5.71. The molecule has 0 aromatic rings. The SMILES string of the molecule is COC(=O)C(C)CN(C)C(=O)C1CC(F)(F)CN1. The maximum Gasteiger partial charge on any atom is 0.310 e. The van der Waals surface area contributed by atoms with Crippen LogP contribution < -0.4 is 5.32 Å². The molecule has 1 amide bonds. The van der Waals surface area contributed by atoms with E-state index in [4.69, 9.17) is 0 Å². The van der Waals surface area contributed by atoms with Crippen molar-refractivity contribution in [2.24, 2.45) is 5.92 Å². The fourth-order valence-electron chi connectivity index (χ4n) is 1.93. The quantitative estimate of drug-likeness (QED) is 0.740. The van der Waals surface area contributed by atoms with Crippen LogP contribution in [0.15, 0.2) is 0 Å². The highest BCUT2D eigenvalue weighted by atomic mass is 19.3. The van der Waals surface area contributed by atoms with Gasteiger partial charge in [0, 0.05) is 20.0 Å². The van der Waals surface area contributed by atoms with Crippen LogP contribution in [0.5, 0.6) is 0 Å². The molecule has 0 saturated carbocycles. The molecule has 1 saturated heterocycles. The number of amides is 1. The van der Waals surface area contributed by atoms with Crippen molar-refractivity contribution in [2.45, 2.75) is 25.3 Å². The maximum atomic E-state index is 13.0. The molecule has 7 heteroatoms. The third-order valence-electron chi connectivity index (χ3n) is 2.94. The van der Waals surface area contributed by atoms with E-state index in [1.165, 1.54) is 19.1 Å². The second-order valence-corrected chi connectivity index (χ2v) is 4.64. The molecule has 1 heterocycles. The number of nitrogens with zero attached hydrogens (tertiary/aromatic N) is 1. The van der Waals surface area contributed by atoms with Crippen LogP contribution in [0.3, 0.4) is 0 Å². The summed E-state index contributed by atoms with van der Waals surface area (Å²) < 4.78 is 30.5. The van der Waals surface area contributed by atoms with Crippen LogP contribution >= 0.6 is 0 Å². The maximum absolute atomic E-state index is 13.0. The molecule has 0 aromatic carbocycles. The fraction of sp³-hybridized carbons (Fsp3) is 0.818. The number of hydrogen-bond acceptors (Lipinski definition) is 4. The normalized spacial score (nSPS) is 23.5. The molecule has 5 nitrogen and oxygen atoms in total. The Morgan fingerprint density at radius 3 is 2.61 bits per heavy atom. The van der Waals surface area contributed by atoms with E-state index >= 15 is 0 Å². The molecule has 104 valence electrons. The van der Waals surface area contributed by atoms with Crippen molar-refractivity contribution in [3.05, 3.63) is 0 Å². The number of likely N-dealkylation sites (N-methyl/N-ethyl adjacent to an activating group) is 1. The first-order chi connectivity index (χ1) is 8.26. The van der Waals surface area contributed by atoms with Crippen LogP contribution in [-0.2, 0) is 14.3 Å². The summed E-state index contributed by atoms with van der Waals surface area (Å²) in [5.74, 6) is -4.18. The number of rotatable bonds is 4. The summed E-state index contributed by atoms with van der Waals surface area (Å²) in [6.07, 6.45) is -0.497. The van der Waals surface area contributed by atoms with Gasteiger partial charge in [0.05, 0.1) is 25.6 Å². The van der Waals surface area contributed by atoms with E-state index in [-0.39, 0.29) is 6.54 Å². The number of methoxy groups -OCH3 is 1. The van der Waals surface area contributed by atoms with Crippen molar-refractivity contribution in [2.75, 3.05) is 27.2 Å². The second-order valence-electron chi connectivity index (χ2n) is 4.64. The number of alkyl halides is 2. The number of hydrogen-bond donors (Lipinski definition) is 1. The highest BCUT2D eigenvalue weighted by Crippen LogP contribution is 2.25. The summed E-state index contributed by atoms with van der Waals surface area (Å²) in [5, 5.41) is 2.49. The molecule has 1 fully saturated rings. The smallest absolute Gasteiger partial charge is 0.310 e. The minimum absolute atomic E-state index is 0.148. The average molecular weight is 264 g/mol. The van der Waals surface area contributed by atoms with E-state index in [9.17, 15) is 18.4 Å². The molecule has 2 unspecified atom stereocenters. The van der Waals surface area contributed by atoms with Crippen molar-refractivity contribution in [1.82, 2.24) is 10.2 Å². The molecule has 0 spiro atoms. The molecule has 18 heavy (non-hydrogen) atoms. The van der Waals surface area contributed by atoms with Crippen LogP contribution in [0, 0.1) is 5.92 Å². The van der Waals surface area contributed by atoms with Gasteiger partial charge in [-0.15, -0.1) is 0 Å². The fourth-order valence-corrected chi connectivity index (χ4v) is 1.93. The first kappa shape index (κ1) is 14.8. The lowest BCUT2D eigenvalue weighted by Gasteiger charge is -2.23. The summed E-state index contributed by atoms with van der Waals surface area (Å²) in [7, 11) is 2.75. The minimum atomic E-state index is -2.84. The number of carbonyl (C=O) groups excluding carboxylic acids is 2. The molecule has 0 aromatic heterocycles. The van der Waals surface area contributed by atoms with Gasteiger partial charge < -0.3 is 9.64 Å². The Bertz CT molecular complexity index is 336. The number of esters is 1. The van der Waals surface area contributed by atoms with Gasteiger partial charge in [-0.2, -0.15) is 0 Å². The molecule has 1 aliphatic rings. The Hall–Kier alpha value is -1.24. The van der Waals surface area contributed by atoms with Gasteiger partial charge >= 0.3 is 5.97 Å². The largest absolute Gasteiger partial charge is 0.469 e. The van der Waals surface area contributed by atoms with Gasteiger partial charge in [-0.1, -0.05) is 6.92 Å². The molecule has 0 aliphatic carbocycles. The lowest BCUT2D eigenvalue weighted by Crippen LogP contribution is -2.44. The summed E-state index contributed by atoms with van der Waals surface area (Å²) in [4.78, 5) is 24.3. The average Bonchev–Trinajstić information content (AvgIpc) is 2.67. The standard InChI is InChI=1S/C11H18F2N2O3/c1-7(10(17)18-3)5-15(2)9(16)8-4-11(12,13)6-14-8/h7-8,14H,4-6H2,1-3H3. The van der Waals surface area contributed by atoms with Crippen molar-refractivity contribution < 1.29 is 23.1 Å². The third-order valence-corrected chi connectivity index (χ3v) is 2.94. The van der Waals surface area contributed by atoms with E-state index in [1.54, 1.807) is 6.92 Å². The molecule has 1 aliphatic heterocycles. The van der Waals surface area contributed by atoms with Crippen molar-refractivity contribution in [3.8, 4) is 0 Å². The summed E-state index contributed by atoms with van der Waals surface area (Å²) in [6.45, 7) is 1.28. The van der Waals surface area contributed by atoms with Crippen LogP contribution in [0.4, 0.5) is 8.78 Å². The van der Waals surface area contributed by atoms with Crippen molar-refractivity contribution in [1.29, 1.82) is 0 Å². The van der Waals surface area contributed by atoms with E-state index < -0.39 is 42.7 Å². The van der Waals surface area contributed by atoms with E-state index in [0.717, 1.165) is 0 Å². The van der Waals surface area contributed by atoms with Gasteiger partial charge in [-0.3, -0.25) is 14.9 Å². The molecule has 0 bridgehead atoms. The van der Waals surface area contributed by atoms with Crippen molar-refractivity contribution in [3.63, 3.8) is 0 Å². The van der Waals surface area contributed by atoms with Crippen LogP contribution in [0.2, 0.25) is 0 Å². The molecular formula is C11H18F2N2O3. The minimum Gasteiger partial charge on any atom is -0.469 e. The number of halogens is 2. The Morgan fingerprint density at radius 2 is 2.17 bits per heavy atom. The Balaban J connectivity index is 2.50. The highest BCUT2D eigenvalue weighted by Gasteiger charge is 2.43. The van der Waals surface area contributed by atoms with Crippen LogP contribution in [-0.4, -0.2) is 56.0 Å². The van der Waals surface area contributed by atoms with Gasteiger partial charge in [-0.05, 0) is 0 Å². The summed E-state index contributed by atoms with van der Waals surface area (Å²) >= 11 is 0. The Kier molecular flexibility index (Phi) is 4.61. The number of ether oxygens (including phenoxy) is 1. The highest BCUT2D eigenvalue weighted by molar-refractivity contribution is 5.83. The zero-order valence-corrected chi connectivity index (χ0v) is 10.7. The molecular weight excluding hydrogens is 246 g/mol. The monoisotopic (exact) mass is 264 g/mol. The zero-order chi connectivity index (χ0) is 13.9. The van der Waals surface area contributed by atoms with E-state index in [0.29, 0.717) is 0 Å². The Morgan fingerprint density at radius 1 is 1.56 bits per heavy atom. The van der Waals surface area contributed by atoms with Crippen molar-refractivity contribution >= 4 is 11.9 Å². The first-order valence-corrected chi connectivity index (χ1v) is 5.71. The third kappa shape index (κ3) is 3.63. The van der Waals surface area contributed by atoms with Gasteiger partial charge in [0.2, 0.25) is 5.91 Å². The van der Waals surface area contributed by atoms with Crippen LogP contribution in [0.25, 0.3) is 0 Å². The molecule has 2 atom stereocenters. The van der Waals surface area contributed by atoms with E-state index in [1.807, 2.05) is 0 Å².